The molecule has 1 aromatic rings. The molecule has 0 saturated heterocycles. The maximum atomic E-state index is 13.8. The van der Waals surface area contributed by atoms with Crippen molar-refractivity contribution in [2.24, 2.45) is 17.3 Å². The Morgan fingerprint density at radius 3 is 2.85 bits per heavy atom. The number of benzene rings is 1. The molecule has 0 heterocycles. The van der Waals surface area contributed by atoms with Gasteiger partial charge in [0.15, 0.2) is 0 Å². The van der Waals surface area contributed by atoms with Gasteiger partial charge in [-0.1, -0.05) is 25.4 Å². The summed E-state index contributed by atoms with van der Waals surface area (Å²) in [6.45, 7) is 4.29. The summed E-state index contributed by atoms with van der Waals surface area (Å²) in [4.78, 5) is 11.4. The minimum absolute atomic E-state index is 0.0378. The first-order chi connectivity index (χ1) is 9.28. The van der Waals surface area contributed by atoms with E-state index in [-0.39, 0.29) is 23.1 Å². The fraction of sp³-hybridized carbons (Fsp3) is 0.562. The molecule has 1 saturated carbocycles. The molecule has 0 aliphatic heterocycles. The Balaban J connectivity index is 2.23. The summed E-state index contributed by atoms with van der Waals surface area (Å²) in [5.41, 5.74) is 0.637. The van der Waals surface area contributed by atoms with E-state index in [9.17, 15) is 14.3 Å². The Morgan fingerprint density at radius 1 is 1.50 bits per heavy atom. The molecule has 4 heteroatoms. The highest BCUT2D eigenvalue weighted by molar-refractivity contribution is 6.30. The Labute approximate surface area is 123 Å². The van der Waals surface area contributed by atoms with Crippen LogP contribution in [0.4, 0.5) is 4.39 Å². The predicted octanol–water partition coefficient (Wildman–Crippen LogP) is 4.55. The number of carboxylic acids is 1. The molecule has 110 valence electrons. The zero-order chi connectivity index (χ0) is 14.9. The Kier molecular flexibility index (Phi) is 4.38. The average Bonchev–Trinajstić information content (AvgIpc) is 2.32. The highest BCUT2D eigenvalue weighted by atomic mass is 35.5. The van der Waals surface area contributed by atoms with E-state index < -0.39 is 5.97 Å². The summed E-state index contributed by atoms with van der Waals surface area (Å²) < 4.78 is 13.8. The molecule has 0 spiro atoms. The Bertz CT molecular complexity index is 513. The number of carboxylic acid groups (broad SMARTS) is 1. The smallest absolute Gasteiger partial charge is 0.306 e. The maximum absolute atomic E-state index is 13.8. The van der Waals surface area contributed by atoms with Gasteiger partial charge in [0.05, 0.1) is 5.92 Å². The quantitative estimate of drug-likeness (QED) is 0.889. The first-order valence-electron chi connectivity index (χ1n) is 6.95. The van der Waals surface area contributed by atoms with Crippen LogP contribution in [0.15, 0.2) is 18.2 Å². The van der Waals surface area contributed by atoms with Crippen LogP contribution in [-0.2, 0) is 11.2 Å². The van der Waals surface area contributed by atoms with Gasteiger partial charge in [-0.3, -0.25) is 4.79 Å². The van der Waals surface area contributed by atoms with Crippen LogP contribution >= 0.6 is 11.6 Å². The molecular formula is C16H20ClFO2. The highest BCUT2D eigenvalue weighted by Gasteiger charge is 2.38. The van der Waals surface area contributed by atoms with E-state index in [0.717, 1.165) is 12.8 Å². The van der Waals surface area contributed by atoms with Crippen molar-refractivity contribution in [2.75, 3.05) is 0 Å². The van der Waals surface area contributed by atoms with Crippen LogP contribution in [0.25, 0.3) is 0 Å². The van der Waals surface area contributed by atoms with E-state index in [0.29, 0.717) is 23.4 Å². The monoisotopic (exact) mass is 298 g/mol. The lowest BCUT2D eigenvalue weighted by Gasteiger charge is -2.39. The SMILES string of the molecule is CC1(C)CCC(C(=O)O)C(Cc2cc(Cl)ccc2F)C1. The number of hydrogen-bond acceptors (Lipinski definition) is 1. The van der Waals surface area contributed by atoms with E-state index in [1.54, 1.807) is 6.07 Å². The van der Waals surface area contributed by atoms with Crippen molar-refractivity contribution >= 4 is 17.6 Å². The predicted molar refractivity (Wildman–Crippen MR) is 77.4 cm³/mol. The summed E-state index contributed by atoms with van der Waals surface area (Å²) in [5, 5.41) is 9.85. The lowest BCUT2D eigenvalue weighted by molar-refractivity contribution is -0.146. The molecule has 0 radical (unpaired) electrons. The van der Waals surface area contributed by atoms with Gasteiger partial charge in [-0.15, -0.1) is 0 Å². The zero-order valence-electron chi connectivity index (χ0n) is 11.8. The third kappa shape index (κ3) is 3.51. The zero-order valence-corrected chi connectivity index (χ0v) is 12.6. The average molecular weight is 299 g/mol. The van der Waals surface area contributed by atoms with Gasteiger partial charge >= 0.3 is 5.97 Å². The molecule has 0 aromatic heterocycles. The minimum atomic E-state index is -0.770. The molecule has 0 bridgehead atoms. The van der Waals surface area contributed by atoms with E-state index in [2.05, 4.69) is 13.8 Å². The molecule has 1 aliphatic carbocycles. The third-order valence-corrected chi connectivity index (χ3v) is 4.56. The summed E-state index contributed by atoms with van der Waals surface area (Å²) >= 11 is 5.91. The standard InChI is InChI=1S/C16H20ClFO2/c1-16(2)6-5-13(15(19)20)11(9-16)7-10-8-12(17)3-4-14(10)18/h3-4,8,11,13H,5-7,9H2,1-2H3,(H,19,20). The van der Waals surface area contributed by atoms with Crippen LogP contribution in [0, 0.1) is 23.1 Å². The van der Waals surface area contributed by atoms with Crippen molar-refractivity contribution in [3.8, 4) is 0 Å². The molecular weight excluding hydrogens is 279 g/mol. The third-order valence-electron chi connectivity index (χ3n) is 4.32. The number of aliphatic carboxylic acids is 1. The minimum Gasteiger partial charge on any atom is -0.481 e. The van der Waals surface area contributed by atoms with Gasteiger partial charge < -0.3 is 5.11 Å². The molecule has 0 amide bonds. The number of carbonyl (C=O) groups is 1. The second kappa shape index (κ2) is 5.72. The molecule has 1 aromatic carbocycles. The van der Waals surface area contributed by atoms with Gasteiger partial charge in [0.25, 0.3) is 0 Å². The van der Waals surface area contributed by atoms with Gasteiger partial charge in [-0.05, 0) is 60.8 Å². The number of rotatable bonds is 3. The van der Waals surface area contributed by atoms with Gasteiger partial charge in [-0.2, -0.15) is 0 Å². The fourth-order valence-corrected chi connectivity index (χ4v) is 3.45. The van der Waals surface area contributed by atoms with E-state index in [1.165, 1.54) is 12.1 Å². The maximum Gasteiger partial charge on any atom is 0.306 e. The van der Waals surface area contributed by atoms with Crippen molar-refractivity contribution in [3.05, 3.63) is 34.6 Å². The molecule has 1 fully saturated rings. The van der Waals surface area contributed by atoms with Crippen molar-refractivity contribution in [1.29, 1.82) is 0 Å². The van der Waals surface area contributed by atoms with Crippen LogP contribution in [-0.4, -0.2) is 11.1 Å². The topological polar surface area (TPSA) is 37.3 Å². The second-order valence-corrected chi connectivity index (χ2v) is 6.99. The van der Waals surface area contributed by atoms with Crippen molar-refractivity contribution in [1.82, 2.24) is 0 Å². The molecule has 1 aliphatic rings. The van der Waals surface area contributed by atoms with E-state index in [4.69, 9.17) is 11.6 Å². The highest BCUT2D eigenvalue weighted by Crippen LogP contribution is 2.43. The molecule has 2 atom stereocenters. The second-order valence-electron chi connectivity index (χ2n) is 6.55. The van der Waals surface area contributed by atoms with E-state index >= 15 is 0 Å². The van der Waals surface area contributed by atoms with Crippen LogP contribution in [0.1, 0.15) is 38.7 Å². The van der Waals surface area contributed by atoms with Crippen molar-refractivity contribution in [2.45, 2.75) is 39.5 Å². The van der Waals surface area contributed by atoms with Gasteiger partial charge in [0.1, 0.15) is 5.82 Å². The van der Waals surface area contributed by atoms with Gasteiger partial charge in [-0.25, -0.2) is 4.39 Å². The largest absolute Gasteiger partial charge is 0.481 e. The van der Waals surface area contributed by atoms with Crippen LogP contribution in [0.3, 0.4) is 0 Å². The lowest BCUT2D eigenvalue weighted by atomic mass is 9.65. The number of hydrogen-bond donors (Lipinski definition) is 1. The summed E-state index contributed by atoms with van der Waals surface area (Å²) in [7, 11) is 0. The van der Waals surface area contributed by atoms with Crippen LogP contribution in [0.2, 0.25) is 5.02 Å². The molecule has 2 rings (SSSR count). The molecule has 1 N–H and O–H groups in total. The van der Waals surface area contributed by atoms with Gasteiger partial charge in [0.2, 0.25) is 0 Å². The fourth-order valence-electron chi connectivity index (χ4n) is 3.26. The normalized spacial score (nSPS) is 25.4. The van der Waals surface area contributed by atoms with Crippen LogP contribution in [0.5, 0.6) is 0 Å². The molecule has 2 nitrogen and oxygen atoms in total. The Hall–Kier alpha value is -1.09. The molecule has 2 unspecified atom stereocenters. The van der Waals surface area contributed by atoms with Crippen molar-refractivity contribution < 1.29 is 14.3 Å². The summed E-state index contributed by atoms with van der Waals surface area (Å²) in [6.07, 6.45) is 2.80. The molecule has 20 heavy (non-hydrogen) atoms. The first kappa shape index (κ1) is 15.3. The first-order valence-corrected chi connectivity index (χ1v) is 7.33. The summed E-state index contributed by atoms with van der Waals surface area (Å²) in [6, 6.07) is 4.47. The lowest BCUT2D eigenvalue weighted by Crippen LogP contribution is -2.35. The van der Waals surface area contributed by atoms with E-state index in [1.807, 2.05) is 0 Å². The van der Waals surface area contributed by atoms with Gasteiger partial charge in [0, 0.05) is 5.02 Å². The Morgan fingerprint density at radius 2 is 2.20 bits per heavy atom. The number of halogens is 2. The summed E-state index contributed by atoms with van der Waals surface area (Å²) in [5.74, 6) is -1.50. The van der Waals surface area contributed by atoms with Crippen LogP contribution < -0.4 is 0 Å². The van der Waals surface area contributed by atoms with Crippen molar-refractivity contribution in [3.63, 3.8) is 0 Å².